The molecule has 1 rings (SSSR count). The third-order valence-electron chi connectivity index (χ3n) is 4.57. The van der Waals surface area contributed by atoms with Crippen molar-refractivity contribution in [3.8, 4) is 0 Å². The second kappa shape index (κ2) is 8.58. The molecule has 0 aliphatic rings. The van der Waals surface area contributed by atoms with E-state index in [2.05, 4.69) is 39.2 Å². The molecule has 0 aliphatic carbocycles. The molecule has 0 radical (unpaired) electrons. The van der Waals surface area contributed by atoms with E-state index < -0.39 is 32.1 Å². The van der Waals surface area contributed by atoms with Crippen LogP contribution in [0.2, 0.25) is 18.1 Å². The van der Waals surface area contributed by atoms with Gasteiger partial charge in [-0.3, -0.25) is 4.79 Å². The van der Waals surface area contributed by atoms with Crippen LogP contribution < -0.4 is 5.32 Å². The normalized spacial score (nSPS) is 13.2. The Bertz CT molecular complexity index is 596. The molecule has 1 aromatic carbocycles. The SMILES string of the molecule is COC(=O)[C@@H](CCO[Si](C)(C)C(C)(C)C)NC(=O)c1ccc(F)cc1. The third kappa shape index (κ3) is 6.25. The number of halogens is 1. The minimum atomic E-state index is -1.93. The molecule has 0 unspecified atom stereocenters. The summed E-state index contributed by atoms with van der Waals surface area (Å²) in [6, 6.07) is 4.31. The molecule has 0 heterocycles. The highest BCUT2D eigenvalue weighted by Crippen LogP contribution is 2.36. The van der Waals surface area contributed by atoms with E-state index in [9.17, 15) is 14.0 Å². The van der Waals surface area contributed by atoms with Gasteiger partial charge in [-0.05, 0) is 42.4 Å². The number of ether oxygens (including phenoxy) is 1. The topological polar surface area (TPSA) is 64.6 Å². The number of nitrogens with one attached hydrogen (secondary N) is 1. The van der Waals surface area contributed by atoms with Crippen molar-refractivity contribution in [1.29, 1.82) is 0 Å². The number of amides is 1. The maximum atomic E-state index is 13.0. The van der Waals surface area contributed by atoms with Gasteiger partial charge in [0.1, 0.15) is 11.9 Å². The average Bonchev–Trinajstić information content (AvgIpc) is 2.52. The zero-order chi connectivity index (χ0) is 19.3. The molecule has 1 N–H and O–H groups in total. The first-order chi connectivity index (χ1) is 11.5. The highest BCUT2D eigenvalue weighted by atomic mass is 28.4. The van der Waals surface area contributed by atoms with Crippen LogP contribution in [0.4, 0.5) is 4.39 Å². The van der Waals surface area contributed by atoms with Gasteiger partial charge < -0.3 is 14.5 Å². The lowest BCUT2D eigenvalue weighted by molar-refractivity contribution is -0.143. The minimum absolute atomic E-state index is 0.0606. The zero-order valence-electron chi connectivity index (χ0n) is 15.8. The number of hydrogen-bond donors (Lipinski definition) is 1. The van der Waals surface area contributed by atoms with Crippen molar-refractivity contribution in [2.75, 3.05) is 13.7 Å². The van der Waals surface area contributed by atoms with Crippen LogP contribution in [-0.4, -0.2) is 40.0 Å². The maximum absolute atomic E-state index is 13.0. The van der Waals surface area contributed by atoms with Gasteiger partial charge in [-0.15, -0.1) is 0 Å². The summed E-state index contributed by atoms with van der Waals surface area (Å²) in [5.41, 5.74) is 0.278. The smallest absolute Gasteiger partial charge is 0.328 e. The monoisotopic (exact) mass is 369 g/mol. The summed E-state index contributed by atoms with van der Waals surface area (Å²) in [5, 5.41) is 2.69. The van der Waals surface area contributed by atoms with Crippen molar-refractivity contribution in [2.45, 2.75) is 51.4 Å². The molecule has 1 aromatic rings. The number of esters is 1. The van der Waals surface area contributed by atoms with Gasteiger partial charge in [0.15, 0.2) is 8.32 Å². The Balaban J connectivity index is 2.70. The van der Waals surface area contributed by atoms with Gasteiger partial charge in [0.2, 0.25) is 0 Å². The molecule has 0 spiro atoms. The van der Waals surface area contributed by atoms with Crippen LogP contribution in [0.3, 0.4) is 0 Å². The van der Waals surface area contributed by atoms with Crippen LogP contribution in [0.1, 0.15) is 37.6 Å². The Labute approximate surface area is 150 Å². The van der Waals surface area contributed by atoms with E-state index in [1.807, 2.05) is 0 Å². The van der Waals surface area contributed by atoms with E-state index in [0.29, 0.717) is 13.0 Å². The fourth-order valence-electron chi connectivity index (χ4n) is 1.88. The van der Waals surface area contributed by atoms with Gasteiger partial charge in [0.05, 0.1) is 7.11 Å². The number of rotatable bonds is 7. The van der Waals surface area contributed by atoms with Gasteiger partial charge in [0.25, 0.3) is 5.91 Å². The predicted molar refractivity (Wildman–Crippen MR) is 97.4 cm³/mol. The van der Waals surface area contributed by atoms with E-state index in [1.165, 1.54) is 31.4 Å². The summed E-state index contributed by atoms with van der Waals surface area (Å²) in [5.74, 6) is -1.42. The van der Waals surface area contributed by atoms with E-state index in [4.69, 9.17) is 9.16 Å². The van der Waals surface area contributed by atoms with Crippen LogP contribution in [-0.2, 0) is 14.0 Å². The summed E-state index contributed by atoms with van der Waals surface area (Å²) in [7, 11) is -0.661. The maximum Gasteiger partial charge on any atom is 0.328 e. The molecule has 0 saturated heterocycles. The van der Waals surface area contributed by atoms with Crippen LogP contribution >= 0.6 is 0 Å². The first-order valence-electron chi connectivity index (χ1n) is 8.26. The fourth-order valence-corrected chi connectivity index (χ4v) is 2.94. The fraction of sp³-hybridized carbons (Fsp3) is 0.556. The van der Waals surface area contributed by atoms with Gasteiger partial charge in [-0.1, -0.05) is 20.8 Å². The average molecular weight is 370 g/mol. The molecule has 1 atom stereocenters. The van der Waals surface area contributed by atoms with Crippen LogP contribution in [0.25, 0.3) is 0 Å². The lowest BCUT2D eigenvalue weighted by atomic mass is 10.1. The summed E-state index contributed by atoms with van der Waals surface area (Å²) in [6.45, 7) is 11.0. The first kappa shape index (κ1) is 21.3. The van der Waals surface area contributed by atoms with Gasteiger partial charge in [-0.25, -0.2) is 9.18 Å². The lowest BCUT2D eigenvalue weighted by Gasteiger charge is -2.36. The molecule has 25 heavy (non-hydrogen) atoms. The van der Waals surface area contributed by atoms with E-state index >= 15 is 0 Å². The van der Waals surface area contributed by atoms with Crippen LogP contribution in [0, 0.1) is 5.82 Å². The third-order valence-corrected chi connectivity index (χ3v) is 9.11. The van der Waals surface area contributed by atoms with Crippen molar-refractivity contribution >= 4 is 20.2 Å². The molecular formula is C18H28FNO4Si. The zero-order valence-corrected chi connectivity index (χ0v) is 16.8. The lowest BCUT2D eigenvalue weighted by Crippen LogP contribution is -2.45. The molecule has 0 saturated carbocycles. The molecule has 5 nitrogen and oxygen atoms in total. The number of methoxy groups -OCH3 is 1. The standard InChI is InChI=1S/C18H28FNO4Si/c1-18(2,3)25(5,6)24-12-11-15(17(22)23-4)20-16(21)13-7-9-14(19)10-8-13/h7-10,15H,11-12H2,1-6H3,(H,20,21)/t15-/m1/s1. The van der Waals surface area contributed by atoms with E-state index in [1.54, 1.807) is 0 Å². The Hall–Kier alpha value is -1.73. The second-order valence-corrected chi connectivity index (χ2v) is 12.3. The summed E-state index contributed by atoms with van der Waals surface area (Å²) < 4.78 is 23.8. The van der Waals surface area contributed by atoms with Crippen molar-refractivity contribution in [1.82, 2.24) is 5.32 Å². The molecular weight excluding hydrogens is 341 g/mol. The second-order valence-electron chi connectivity index (χ2n) is 7.45. The van der Waals surface area contributed by atoms with E-state index in [0.717, 1.165) is 0 Å². The number of hydrogen-bond acceptors (Lipinski definition) is 4. The Morgan fingerprint density at radius 3 is 2.24 bits per heavy atom. The van der Waals surface area contributed by atoms with E-state index in [-0.39, 0.29) is 10.6 Å². The number of benzene rings is 1. The molecule has 7 heteroatoms. The van der Waals surface area contributed by atoms with Crippen molar-refractivity contribution in [3.63, 3.8) is 0 Å². The molecule has 1 amide bonds. The van der Waals surface area contributed by atoms with Gasteiger partial charge in [-0.2, -0.15) is 0 Å². The largest absolute Gasteiger partial charge is 0.467 e. The Morgan fingerprint density at radius 2 is 1.76 bits per heavy atom. The predicted octanol–water partition coefficient (Wildman–Crippen LogP) is 3.51. The minimum Gasteiger partial charge on any atom is -0.467 e. The number of carbonyl (C=O) groups excluding carboxylic acids is 2. The summed E-state index contributed by atoms with van der Waals surface area (Å²) >= 11 is 0. The molecule has 0 aromatic heterocycles. The van der Waals surface area contributed by atoms with Crippen LogP contribution in [0.5, 0.6) is 0 Å². The Morgan fingerprint density at radius 1 is 1.20 bits per heavy atom. The summed E-state index contributed by atoms with van der Waals surface area (Å²) in [4.78, 5) is 24.2. The molecule has 0 bridgehead atoms. The summed E-state index contributed by atoms with van der Waals surface area (Å²) in [6.07, 6.45) is 0.312. The van der Waals surface area contributed by atoms with Gasteiger partial charge >= 0.3 is 5.97 Å². The quantitative estimate of drug-likeness (QED) is 0.590. The molecule has 0 aliphatic heterocycles. The highest BCUT2D eigenvalue weighted by Gasteiger charge is 2.37. The Kier molecular flexibility index (Phi) is 7.31. The van der Waals surface area contributed by atoms with Crippen LogP contribution in [0.15, 0.2) is 24.3 Å². The number of carbonyl (C=O) groups is 2. The molecule has 0 fully saturated rings. The van der Waals surface area contributed by atoms with Crippen molar-refractivity contribution in [2.24, 2.45) is 0 Å². The molecule has 140 valence electrons. The van der Waals surface area contributed by atoms with Gasteiger partial charge in [0, 0.05) is 18.6 Å². The van der Waals surface area contributed by atoms with Crippen molar-refractivity contribution in [3.05, 3.63) is 35.6 Å². The van der Waals surface area contributed by atoms with Crippen molar-refractivity contribution < 1.29 is 23.1 Å². The highest BCUT2D eigenvalue weighted by molar-refractivity contribution is 6.74. The first-order valence-corrected chi connectivity index (χ1v) is 11.2.